The SMILES string of the molecule is CCCCN=C(N)N/N=C/C(C)=N/NC(N)=NCCCC. The fraction of sp³-hybridized carbons (Fsp3) is 0.692. The van der Waals surface area contributed by atoms with Crippen LogP contribution in [-0.4, -0.2) is 36.9 Å². The lowest BCUT2D eigenvalue weighted by Gasteiger charge is -2.00. The Morgan fingerprint density at radius 3 is 2.00 bits per heavy atom. The van der Waals surface area contributed by atoms with Crippen LogP contribution in [0.5, 0.6) is 0 Å². The van der Waals surface area contributed by atoms with Crippen molar-refractivity contribution in [3.8, 4) is 0 Å². The number of hydrogen-bond donors (Lipinski definition) is 4. The van der Waals surface area contributed by atoms with Crippen molar-refractivity contribution in [2.45, 2.75) is 46.5 Å². The number of guanidine groups is 2. The van der Waals surface area contributed by atoms with E-state index in [0.29, 0.717) is 30.7 Å². The molecule has 0 amide bonds. The van der Waals surface area contributed by atoms with Gasteiger partial charge in [0, 0.05) is 13.1 Å². The van der Waals surface area contributed by atoms with Crippen molar-refractivity contribution in [3.63, 3.8) is 0 Å². The van der Waals surface area contributed by atoms with Gasteiger partial charge in [-0.2, -0.15) is 10.2 Å². The van der Waals surface area contributed by atoms with E-state index in [1.807, 2.05) is 0 Å². The second kappa shape index (κ2) is 12.9. The maximum atomic E-state index is 5.64. The topological polar surface area (TPSA) is 126 Å². The zero-order chi connectivity index (χ0) is 15.9. The van der Waals surface area contributed by atoms with E-state index in [4.69, 9.17) is 11.5 Å². The van der Waals surface area contributed by atoms with Crippen molar-refractivity contribution in [1.82, 2.24) is 10.9 Å². The van der Waals surface area contributed by atoms with Gasteiger partial charge in [-0.25, -0.2) is 10.9 Å². The zero-order valence-electron chi connectivity index (χ0n) is 13.3. The highest BCUT2D eigenvalue weighted by Crippen LogP contribution is 1.86. The molecule has 21 heavy (non-hydrogen) atoms. The fourth-order valence-electron chi connectivity index (χ4n) is 1.15. The number of nitrogens with one attached hydrogen (secondary N) is 2. The summed E-state index contributed by atoms with van der Waals surface area (Å²) >= 11 is 0. The highest BCUT2D eigenvalue weighted by molar-refractivity contribution is 6.29. The number of nitrogens with zero attached hydrogens (tertiary/aromatic N) is 4. The number of unbranched alkanes of at least 4 members (excludes halogenated alkanes) is 2. The highest BCUT2D eigenvalue weighted by Gasteiger charge is 1.90. The third-order valence-electron chi connectivity index (χ3n) is 2.36. The summed E-state index contributed by atoms with van der Waals surface area (Å²) < 4.78 is 0. The van der Waals surface area contributed by atoms with Crippen LogP contribution in [0.1, 0.15) is 46.5 Å². The third kappa shape index (κ3) is 12.6. The normalized spacial score (nSPS) is 13.8. The first-order chi connectivity index (χ1) is 10.1. The molecule has 120 valence electrons. The van der Waals surface area contributed by atoms with Crippen molar-refractivity contribution in [1.29, 1.82) is 0 Å². The first-order valence-electron chi connectivity index (χ1n) is 7.29. The molecule has 0 radical (unpaired) electrons. The highest BCUT2D eigenvalue weighted by atomic mass is 15.4. The van der Waals surface area contributed by atoms with Crippen molar-refractivity contribution in [3.05, 3.63) is 0 Å². The van der Waals surface area contributed by atoms with Gasteiger partial charge in [0.05, 0.1) is 11.9 Å². The molecule has 8 nitrogen and oxygen atoms in total. The molecule has 0 aromatic rings. The second-order valence-corrected chi connectivity index (χ2v) is 4.48. The first kappa shape index (κ1) is 18.9. The molecule has 0 spiro atoms. The summed E-state index contributed by atoms with van der Waals surface area (Å²) in [4.78, 5) is 8.21. The fourth-order valence-corrected chi connectivity index (χ4v) is 1.15. The summed E-state index contributed by atoms with van der Waals surface area (Å²) in [6.07, 6.45) is 5.70. The zero-order valence-corrected chi connectivity index (χ0v) is 13.3. The van der Waals surface area contributed by atoms with Crippen molar-refractivity contribution in [2.75, 3.05) is 13.1 Å². The van der Waals surface area contributed by atoms with Crippen LogP contribution < -0.4 is 22.3 Å². The molecule has 0 aromatic carbocycles. The minimum absolute atomic E-state index is 0.293. The Labute approximate surface area is 126 Å². The van der Waals surface area contributed by atoms with Crippen LogP contribution in [0, 0.1) is 0 Å². The Hall–Kier alpha value is -2.12. The Bertz CT molecular complexity index is 384. The summed E-state index contributed by atoms with van der Waals surface area (Å²) in [7, 11) is 0. The molecule has 0 saturated carbocycles. The Morgan fingerprint density at radius 1 is 0.952 bits per heavy atom. The summed E-state index contributed by atoms with van der Waals surface area (Å²) in [5, 5.41) is 7.94. The summed E-state index contributed by atoms with van der Waals surface area (Å²) in [5.74, 6) is 0.589. The van der Waals surface area contributed by atoms with Gasteiger partial charge in [0.15, 0.2) is 0 Å². The lowest BCUT2D eigenvalue weighted by atomic mass is 10.3. The molecule has 0 atom stereocenters. The number of rotatable bonds is 9. The summed E-state index contributed by atoms with van der Waals surface area (Å²) in [6.45, 7) is 7.38. The van der Waals surface area contributed by atoms with E-state index in [1.54, 1.807) is 6.92 Å². The Kier molecular flexibility index (Phi) is 11.6. The molecule has 6 N–H and O–H groups in total. The maximum absolute atomic E-state index is 5.64. The van der Waals surface area contributed by atoms with Gasteiger partial charge >= 0.3 is 0 Å². The second-order valence-electron chi connectivity index (χ2n) is 4.48. The van der Waals surface area contributed by atoms with Crippen LogP contribution in [-0.2, 0) is 0 Å². The van der Waals surface area contributed by atoms with E-state index in [2.05, 4.69) is 44.9 Å². The van der Waals surface area contributed by atoms with Crippen molar-refractivity contribution in [2.24, 2.45) is 31.7 Å². The predicted octanol–water partition coefficient (Wildman–Crippen LogP) is 0.757. The number of aliphatic imine (C=N–C) groups is 2. The molecule has 0 fully saturated rings. The van der Waals surface area contributed by atoms with Crippen LogP contribution in [0.3, 0.4) is 0 Å². The van der Waals surface area contributed by atoms with Gasteiger partial charge in [0.2, 0.25) is 11.9 Å². The molecule has 8 heteroatoms. The molecule has 0 rings (SSSR count). The molecule has 0 unspecified atom stereocenters. The van der Waals surface area contributed by atoms with Gasteiger partial charge in [0.25, 0.3) is 0 Å². The van der Waals surface area contributed by atoms with E-state index < -0.39 is 0 Å². The molecule has 0 aliphatic carbocycles. The van der Waals surface area contributed by atoms with E-state index in [0.717, 1.165) is 25.7 Å². The largest absolute Gasteiger partial charge is 0.369 e. The molecule has 0 bridgehead atoms. The Morgan fingerprint density at radius 2 is 1.48 bits per heavy atom. The van der Waals surface area contributed by atoms with Crippen LogP contribution in [0.15, 0.2) is 20.2 Å². The van der Waals surface area contributed by atoms with Gasteiger partial charge in [-0.05, 0) is 19.8 Å². The minimum Gasteiger partial charge on any atom is -0.369 e. The maximum Gasteiger partial charge on any atom is 0.209 e. The number of hydrazone groups is 2. The average molecular weight is 296 g/mol. The van der Waals surface area contributed by atoms with Gasteiger partial charge < -0.3 is 11.5 Å². The lowest BCUT2D eigenvalue weighted by molar-refractivity contribution is 0.799. The van der Waals surface area contributed by atoms with Gasteiger partial charge in [-0.15, -0.1) is 0 Å². The van der Waals surface area contributed by atoms with Crippen molar-refractivity contribution >= 4 is 23.8 Å². The van der Waals surface area contributed by atoms with Crippen LogP contribution >= 0.6 is 0 Å². The van der Waals surface area contributed by atoms with Gasteiger partial charge in [0.1, 0.15) is 0 Å². The number of nitrogens with two attached hydrogens (primary N) is 2. The van der Waals surface area contributed by atoms with Crippen LogP contribution in [0.2, 0.25) is 0 Å². The van der Waals surface area contributed by atoms with Gasteiger partial charge in [-0.1, -0.05) is 26.7 Å². The molecular weight excluding hydrogens is 268 g/mol. The summed E-state index contributed by atoms with van der Waals surface area (Å²) in [6, 6.07) is 0. The smallest absolute Gasteiger partial charge is 0.209 e. The molecular formula is C13H28N8. The van der Waals surface area contributed by atoms with E-state index >= 15 is 0 Å². The first-order valence-corrected chi connectivity index (χ1v) is 7.29. The lowest BCUT2D eigenvalue weighted by Crippen LogP contribution is -2.29. The molecule has 0 aromatic heterocycles. The quantitative estimate of drug-likeness (QED) is 0.217. The average Bonchev–Trinajstić information content (AvgIpc) is 2.46. The molecule has 0 aliphatic rings. The predicted molar refractivity (Wildman–Crippen MR) is 90.7 cm³/mol. The molecule has 0 saturated heterocycles. The third-order valence-corrected chi connectivity index (χ3v) is 2.36. The molecule has 0 aliphatic heterocycles. The standard InChI is InChI=1S/C13H28N8/c1-4-6-8-16-12(14)20-18-10-11(3)19-21-13(15)17-9-7-5-2/h10H,4-9H2,1-3H3,(H3,14,16,20)(H3,15,17,21)/b18-10+,19-11+. The summed E-state index contributed by atoms with van der Waals surface area (Å²) in [5.41, 5.74) is 17.2. The monoisotopic (exact) mass is 296 g/mol. The van der Waals surface area contributed by atoms with Gasteiger partial charge in [-0.3, -0.25) is 9.98 Å². The number of hydrogen-bond acceptors (Lipinski definition) is 4. The van der Waals surface area contributed by atoms with Crippen LogP contribution in [0.4, 0.5) is 0 Å². The van der Waals surface area contributed by atoms with E-state index in [9.17, 15) is 0 Å². The minimum atomic E-state index is 0.293. The Balaban J connectivity index is 4.08. The molecule has 0 heterocycles. The van der Waals surface area contributed by atoms with E-state index in [1.165, 1.54) is 6.21 Å². The van der Waals surface area contributed by atoms with Crippen LogP contribution in [0.25, 0.3) is 0 Å². The van der Waals surface area contributed by atoms with Crippen molar-refractivity contribution < 1.29 is 0 Å². The van der Waals surface area contributed by atoms with E-state index in [-0.39, 0.29) is 0 Å².